The predicted octanol–water partition coefficient (Wildman–Crippen LogP) is 1.02. The summed E-state index contributed by atoms with van der Waals surface area (Å²) >= 11 is 0. The molecule has 5 heteroatoms. The lowest BCUT2D eigenvalue weighted by atomic mass is 10.0. The minimum absolute atomic E-state index is 0.00847. The third kappa shape index (κ3) is 2.33. The van der Waals surface area contributed by atoms with E-state index in [0.29, 0.717) is 24.7 Å². The lowest BCUT2D eigenvalue weighted by Gasteiger charge is -2.29. The summed E-state index contributed by atoms with van der Waals surface area (Å²) in [6.07, 6.45) is 0.749. The van der Waals surface area contributed by atoms with Crippen molar-refractivity contribution < 1.29 is 19.1 Å². The maximum absolute atomic E-state index is 12.2. The van der Waals surface area contributed by atoms with Crippen LogP contribution in [0, 0.1) is 5.92 Å². The van der Waals surface area contributed by atoms with E-state index < -0.39 is 0 Å². The molecule has 1 saturated heterocycles. The quantitative estimate of drug-likeness (QED) is 0.815. The van der Waals surface area contributed by atoms with Crippen molar-refractivity contribution in [3.05, 3.63) is 24.3 Å². The molecule has 0 bridgehead atoms. The zero-order valence-corrected chi connectivity index (χ0v) is 10.5. The van der Waals surface area contributed by atoms with Gasteiger partial charge in [-0.25, -0.2) is 0 Å². The van der Waals surface area contributed by atoms with Crippen LogP contribution >= 0.6 is 0 Å². The topological polar surface area (TPSA) is 55.8 Å². The van der Waals surface area contributed by atoms with Gasteiger partial charge in [-0.2, -0.15) is 0 Å². The van der Waals surface area contributed by atoms with Crippen LogP contribution < -0.4 is 9.64 Å². The fourth-order valence-electron chi connectivity index (χ4n) is 2.40. The summed E-state index contributed by atoms with van der Waals surface area (Å²) in [5, 5.41) is 0. The minimum Gasteiger partial charge on any atom is -0.482 e. The Hall–Kier alpha value is -1.88. The molecule has 2 aliphatic heterocycles. The van der Waals surface area contributed by atoms with E-state index in [-0.39, 0.29) is 30.8 Å². The van der Waals surface area contributed by atoms with Crippen LogP contribution in [-0.4, -0.2) is 38.1 Å². The fourth-order valence-corrected chi connectivity index (χ4v) is 2.40. The summed E-state index contributed by atoms with van der Waals surface area (Å²) in [4.78, 5) is 25.6. The number of ketones is 1. The monoisotopic (exact) mass is 261 g/mol. The molecule has 0 aromatic heterocycles. The van der Waals surface area contributed by atoms with E-state index in [4.69, 9.17) is 9.47 Å². The van der Waals surface area contributed by atoms with E-state index in [1.165, 1.54) is 4.90 Å². The van der Waals surface area contributed by atoms with Gasteiger partial charge in [0.1, 0.15) is 5.75 Å². The van der Waals surface area contributed by atoms with Crippen molar-refractivity contribution in [2.45, 2.75) is 6.42 Å². The third-order valence-corrected chi connectivity index (χ3v) is 3.51. The number of amides is 1. The molecule has 5 nitrogen and oxygen atoms in total. The average Bonchev–Trinajstić information content (AvgIpc) is 2.96. The van der Waals surface area contributed by atoms with Crippen molar-refractivity contribution in [1.29, 1.82) is 0 Å². The molecule has 0 saturated carbocycles. The Morgan fingerprint density at radius 3 is 3.00 bits per heavy atom. The highest BCUT2D eigenvalue weighted by Crippen LogP contribution is 2.31. The molecule has 0 N–H and O–H groups in total. The number of anilines is 1. The Labute approximate surface area is 111 Å². The second-order valence-electron chi connectivity index (χ2n) is 4.76. The second kappa shape index (κ2) is 5.01. The lowest BCUT2D eigenvalue weighted by Crippen LogP contribution is -2.43. The van der Waals surface area contributed by atoms with E-state index in [1.807, 2.05) is 12.1 Å². The van der Waals surface area contributed by atoms with Crippen LogP contribution in [0.3, 0.4) is 0 Å². The van der Waals surface area contributed by atoms with E-state index in [0.717, 1.165) is 6.42 Å². The summed E-state index contributed by atoms with van der Waals surface area (Å²) in [6.45, 7) is 1.20. The number of carbonyl (C=O) groups is 2. The zero-order chi connectivity index (χ0) is 13.2. The van der Waals surface area contributed by atoms with Crippen molar-refractivity contribution in [2.24, 2.45) is 5.92 Å². The van der Waals surface area contributed by atoms with Gasteiger partial charge in [0.2, 0.25) is 0 Å². The van der Waals surface area contributed by atoms with Crippen LogP contribution in [0.25, 0.3) is 0 Å². The maximum atomic E-state index is 12.2. The number of para-hydroxylation sites is 2. The number of hydrogen-bond donors (Lipinski definition) is 0. The summed E-state index contributed by atoms with van der Waals surface area (Å²) < 4.78 is 10.6. The summed E-state index contributed by atoms with van der Waals surface area (Å²) in [5.41, 5.74) is 0.672. The van der Waals surface area contributed by atoms with Gasteiger partial charge >= 0.3 is 0 Å². The first-order chi connectivity index (χ1) is 9.25. The number of ether oxygens (including phenoxy) is 2. The Bertz CT molecular complexity index is 508. The Morgan fingerprint density at radius 1 is 1.37 bits per heavy atom. The van der Waals surface area contributed by atoms with E-state index in [2.05, 4.69) is 0 Å². The number of fused-ring (bicyclic) bond motifs is 1. The van der Waals surface area contributed by atoms with Crippen molar-refractivity contribution in [1.82, 2.24) is 0 Å². The van der Waals surface area contributed by atoms with Gasteiger partial charge in [0.15, 0.2) is 12.4 Å². The number of hydrogen-bond acceptors (Lipinski definition) is 4. The van der Waals surface area contributed by atoms with Crippen molar-refractivity contribution in [3.63, 3.8) is 0 Å². The molecule has 2 heterocycles. The smallest absolute Gasteiger partial charge is 0.265 e. The van der Waals surface area contributed by atoms with Gasteiger partial charge in [-0.3, -0.25) is 14.5 Å². The normalized spacial score (nSPS) is 22.0. The largest absolute Gasteiger partial charge is 0.482 e. The Balaban J connectivity index is 1.79. The van der Waals surface area contributed by atoms with Gasteiger partial charge in [0.25, 0.3) is 5.91 Å². The molecular formula is C14H15NO4. The molecular weight excluding hydrogens is 246 g/mol. The van der Waals surface area contributed by atoms with Gasteiger partial charge in [-0.15, -0.1) is 0 Å². The van der Waals surface area contributed by atoms with Crippen LogP contribution in [0.1, 0.15) is 6.42 Å². The van der Waals surface area contributed by atoms with Crippen LogP contribution in [0.15, 0.2) is 24.3 Å². The Kier molecular flexibility index (Phi) is 3.21. The molecule has 0 spiro atoms. The lowest BCUT2D eigenvalue weighted by molar-refractivity contribution is -0.126. The molecule has 0 radical (unpaired) electrons. The van der Waals surface area contributed by atoms with Gasteiger partial charge in [-0.05, 0) is 18.6 Å². The standard InChI is InChI=1S/C14H15NO4/c16-12(10-5-6-18-8-10)7-15-11-3-1-2-4-13(11)19-9-14(15)17/h1-4,10H,5-9H2. The molecule has 100 valence electrons. The van der Waals surface area contributed by atoms with Crippen molar-refractivity contribution >= 4 is 17.4 Å². The van der Waals surface area contributed by atoms with E-state index in [1.54, 1.807) is 12.1 Å². The molecule has 2 aliphatic rings. The van der Waals surface area contributed by atoms with Crippen LogP contribution in [0.4, 0.5) is 5.69 Å². The maximum Gasteiger partial charge on any atom is 0.265 e. The fraction of sp³-hybridized carbons (Fsp3) is 0.429. The number of benzene rings is 1. The molecule has 1 aromatic rings. The van der Waals surface area contributed by atoms with Crippen molar-refractivity contribution in [3.8, 4) is 5.75 Å². The van der Waals surface area contributed by atoms with Crippen molar-refractivity contribution in [2.75, 3.05) is 31.3 Å². The molecule has 1 fully saturated rings. The van der Waals surface area contributed by atoms with Gasteiger partial charge < -0.3 is 9.47 Å². The first-order valence-electron chi connectivity index (χ1n) is 6.38. The third-order valence-electron chi connectivity index (χ3n) is 3.51. The van der Waals surface area contributed by atoms with Crippen LogP contribution in [-0.2, 0) is 14.3 Å². The zero-order valence-electron chi connectivity index (χ0n) is 10.5. The highest BCUT2D eigenvalue weighted by atomic mass is 16.5. The average molecular weight is 261 g/mol. The van der Waals surface area contributed by atoms with Gasteiger partial charge in [0, 0.05) is 12.5 Å². The summed E-state index contributed by atoms with van der Waals surface area (Å²) in [5.74, 6) is 0.453. The van der Waals surface area contributed by atoms with Crippen LogP contribution in [0.5, 0.6) is 5.75 Å². The summed E-state index contributed by atoms with van der Waals surface area (Å²) in [7, 11) is 0. The molecule has 1 unspecified atom stereocenters. The molecule has 3 rings (SSSR count). The number of nitrogens with zero attached hydrogens (tertiary/aromatic N) is 1. The minimum atomic E-state index is -0.175. The predicted molar refractivity (Wildman–Crippen MR) is 68.2 cm³/mol. The first kappa shape index (κ1) is 12.2. The molecule has 19 heavy (non-hydrogen) atoms. The molecule has 1 aromatic carbocycles. The Morgan fingerprint density at radius 2 is 2.21 bits per heavy atom. The van der Waals surface area contributed by atoms with E-state index in [9.17, 15) is 9.59 Å². The highest BCUT2D eigenvalue weighted by Gasteiger charge is 2.30. The second-order valence-corrected chi connectivity index (χ2v) is 4.76. The SMILES string of the molecule is O=C(CN1C(=O)COc2ccccc21)C1CCOC1. The molecule has 1 amide bonds. The number of carbonyl (C=O) groups excluding carboxylic acids is 2. The van der Waals surface area contributed by atoms with Gasteiger partial charge in [-0.1, -0.05) is 12.1 Å². The summed E-state index contributed by atoms with van der Waals surface area (Å²) in [6, 6.07) is 7.28. The number of rotatable bonds is 3. The highest BCUT2D eigenvalue weighted by molar-refractivity contribution is 6.02. The molecule has 0 aliphatic carbocycles. The van der Waals surface area contributed by atoms with Gasteiger partial charge in [0.05, 0.1) is 18.8 Å². The van der Waals surface area contributed by atoms with Crippen LogP contribution in [0.2, 0.25) is 0 Å². The van der Waals surface area contributed by atoms with E-state index >= 15 is 0 Å². The first-order valence-corrected chi connectivity index (χ1v) is 6.38. The number of Topliss-reactive ketones (excluding diaryl/α,β-unsaturated/α-hetero) is 1. The molecule has 1 atom stereocenters.